The molecule has 1 aliphatic heterocycles. The molecule has 1 heterocycles. The Bertz CT molecular complexity index is 192. The van der Waals surface area contributed by atoms with Gasteiger partial charge in [0.2, 0.25) is 0 Å². The second-order valence-corrected chi connectivity index (χ2v) is 4.31. The van der Waals surface area contributed by atoms with Crippen molar-refractivity contribution >= 4 is 7.82 Å². The second kappa shape index (κ2) is 3.85. The van der Waals surface area contributed by atoms with Crippen molar-refractivity contribution in [2.75, 3.05) is 20.1 Å². The summed E-state index contributed by atoms with van der Waals surface area (Å²) in [7, 11) is -2.38. The lowest BCUT2D eigenvalue weighted by Crippen LogP contribution is -2.36. The molecule has 1 fully saturated rings. The zero-order valence-electron chi connectivity index (χ0n) is 7.01. The van der Waals surface area contributed by atoms with Crippen molar-refractivity contribution in [1.82, 2.24) is 4.90 Å². The van der Waals surface area contributed by atoms with E-state index in [0.29, 0.717) is 6.54 Å². The molecule has 0 aromatic rings. The first-order valence-electron chi connectivity index (χ1n) is 3.90. The number of likely N-dealkylation sites (tertiary alicyclic amines) is 1. The molecule has 0 spiro atoms. The molecular weight excluding hydrogens is 181 g/mol. The number of likely N-dealkylation sites (N-methyl/N-ethyl adjacent to an activating group) is 1. The maximum Gasteiger partial charge on any atom is 0.469 e. The van der Waals surface area contributed by atoms with Gasteiger partial charge in [0.15, 0.2) is 0 Å². The van der Waals surface area contributed by atoms with Crippen LogP contribution in [0.2, 0.25) is 0 Å². The summed E-state index contributed by atoms with van der Waals surface area (Å²) in [6, 6.07) is 0. The van der Waals surface area contributed by atoms with Crippen molar-refractivity contribution in [1.29, 1.82) is 0 Å². The van der Waals surface area contributed by atoms with Crippen molar-refractivity contribution in [2.45, 2.75) is 18.9 Å². The average Bonchev–Trinajstić information content (AvgIpc) is 1.82. The van der Waals surface area contributed by atoms with E-state index < -0.39 is 7.82 Å². The molecule has 2 N–H and O–H groups in total. The number of rotatable bonds is 2. The van der Waals surface area contributed by atoms with E-state index >= 15 is 0 Å². The fourth-order valence-corrected chi connectivity index (χ4v) is 1.96. The second-order valence-electron chi connectivity index (χ2n) is 3.12. The third kappa shape index (κ3) is 3.65. The maximum atomic E-state index is 10.5. The molecule has 72 valence electrons. The van der Waals surface area contributed by atoms with Gasteiger partial charge >= 0.3 is 7.82 Å². The maximum absolute atomic E-state index is 10.5. The monoisotopic (exact) mass is 195 g/mol. The Morgan fingerprint density at radius 2 is 2.25 bits per heavy atom. The molecule has 0 aromatic heterocycles. The Kier molecular flexibility index (Phi) is 3.26. The Labute approximate surface area is 71.6 Å². The summed E-state index contributed by atoms with van der Waals surface area (Å²) in [5.41, 5.74) is 0. The van der Waals surface area contributed by atoms with Gasteiger partial charge in [-0.3, -0.25) is 4.52 Å². The third-order valence-electron chi connectivity index (χ3n) is 1.87. The van der Waals surface area contributed by atoms with Gasteiger partial charge in [0, 0.05) is 6.54 Å². The van der Waals surface area contributed by atoms with Crippen LogP contribution in [0.3, 0.4) is 0 Å². The van der Waals surface area contributed by atoms with E-state index in [1.165, 1.54) is 0 Å². The predicted molar refractivity (Wildman–Crippen MR) is 43.6 cm³/mol. The van der Waals surface area contributed by atoms with E-state index in [0.717, 1.165) is 19.4 Å². The highest BCUT2D eigenvalue weighted by Gasteiger charge is 2.25. The molecule has 6 heteroatoms. The van der Waals surface area contributed by atoms with E-state index in [-0.39, 0.29) is 6.10 Å². The van der Waals surface area contributed by atoms with Crippen molar-refractivity contribution in [3.8, 4) is 0 Å². The fourth-order valence-electron chi connectivity index (χ4n) is 1.40. The first-order chi connectivity index (χ1) is 5.47. The zero-order valence-corrected chi connectivity index (χ0v) is 7.91. The molecule has 0 aliphatic carbocycles. The number of hydrogen-bond acceptors (Lipinski definition) is 3. The van der Waals surface area contributed by atoms with Crippen LogP contribution < -0.4 is 0 Å². The van der Waals surface area contributed by atoms with Crippen LogP contribution in [-0.2, 0) is 9.09 Å². The number of phosphoric ester groups is 1. The Balaban J connectivity index is 2.37. The van der Waals surface area contributed by atoms with Crippen molar-refractivity contribution in [2.24, 2.45) is 0 Å². The molecule has 0 amide bonds. The van der Waals surface area contributed by atoms with Crippen LogP contribution >= 0.6 is 7.82 Å². The lowest BCUT2D eigenvalue weighted by Gasteiger charge is -2.29. The summed E-state index contributed by atoms with van der Waals surface area (Å²) in [6.45, 7) is 1.58. The molecule has 5 nitrogen and oxygen atoms in total. The molecule has 0 saturated carbocycles. The summed E-state index contributed by atoms with van der Waals surface area (Å²) in [6.07, 6.45) is 1.35. The smallest absolute Gasteiger partial charge is 0.304 e. The zero-order chi connectivity index (χ0) is 9.19. The van der Waals surface area contributed by atoms with E-state index in [1.807, 2.05) is 11.9 Å². The van der Waals surface area contributed by atoms with Crippen molar-refractivity contribution in [3.63, 3.8) is 0 Å². The normalized spacial score (nSPS) is 27.4. The lowest BCUT2D eigenvalue weighted by atomic mass is 10.1. The Morgan fingerprint density at radius 1 is 1.58 bits per heavy atom. The van der Waals surface area contributed by atoms with E-state index in [4.69, 9.17) is 9.79 Å². The first-order valence-corrected chi connectivity index (χ1v) is 5.43. The number of piperidine rings is 1. The molecular formula is C6H14NO4P. The predicted octanol–water partition coefficient (Wildman–Crippen LogP) is 0.190. The average molecular weight is 195 g/mol. The number of phosphoric acid groups is 1. The summed E-state index contributed by atoms with van der Waals surface area (Å²) in [5.74, 6) is 0. The van der Waals surface area contributed by atoms with Gasteiger partial charge in [-0.25, -0.2) is 4.57 Å². The minimum atomic E-state index is -4.29. The van der Waals surface area contributed by atoms with Gasteiger partial charge in [-0.1, -0.05) is 0 Å². The number of nitrogens with zero attached hydrogens (tertiary/aromatic N) is 1. The van der Waals surface area contributed by atoms with Gasteiger partial charge in [-0.15, -0.1) is 0 Å². The molecule has 12 heavy (non-hydrogen) atoms. The molecule has 1 aliphatic rings. The largest absolute Gasteiger partial charge is 0.469 e. The third-order valence-corrected chi connectivity index (χ3v) is 2.44. The van der Waals surface area contributed by atoms with Crippen LogP contribution in [-0.4, -0.2) is 40.9 Å². The van der Waals surface area contributed by atoms with Crippen LogP contribution in [0.5, 0.6) is 0 Å². The van der Waals surface area contributed by atoms with Gasteiger partial charge in [0.1, 0.15) is 0 Å². The van der Waals surface area contributed by atoms with Crippen molar-refractivity contribution < 1.29 is 18.9 Å². The van der Waals surface area contributed by atoms with Crippen molar-refractivity contribution in [3.05, 3.63) is 0 Å². The van der Waals surface area contributed by atoms with Gasteiger partial charge in [-0.2, -0.15) is 0 Å². The summed E-state index contributed by atoms with van der Waals surface area (Å²) in [5, 5.41) is 0. The minimum Gasteiger partial charge on any atom is -0.304 e. The summed E-state index contributed by atoms with van der Waals surface area (Å²) >= 11 is 0. The highest BCUT2D eigenvalue weighted by atomic mass is 31.2. The molecule has 1 saturated heterocycles. The van der Waals surface area contributed by atoms with Gasteiger partial charge in [-0.05, 0) is 26.4 Å². The highest BCUT2D eigenvalue weighted by Crippen LogP contribution is 2.39. The SMILES string of the molecule is CN1CCCC(OP(=O)(O)O)C1. The van der Waals surface area contributed by atoms with Gasteiger partial charge in [0.25, 0.3) is 0 Å². The van der Waals surface area contributed by atoms with E-state index in [1.54, 1.807) is 0 Å². The topological polar surface area (TPSA) is 70.0 Å². The summed E-state index contributed by atoms with van der Waals surface area (Å²) < 4.78 is 15.0. The highest BCUT2D eigenvalue weighted by molar-refractivity contribution is 7.46. The fraction of sp³-hybridized carbons (Fsp3) is 1.00. The van der Waals surface area contributed by atoms with Crippen LogP contribution in [0, 0.1) is 0 Å². The molecule has 1 rings (SSSR count). The van der Waals surface area contributed by atoms with E-state index in [2.05, 4.69) is 4.52 Å². The Hall–Kier alpha value is 0.0700. The molecule has 1 unspecified atom stereocenters. The van der Waals surface area contributed by atoms with Crippen LogP contribution in [0.4, 0.5) is 0 Å². The quantitative estimate of drug-likeness (QED) is 0.615. The number of hydrogen-bond donors (Lipinski definition) is 2. The standard InChI is InChI=1S/C6H14NO4P/c1-7-4-2-3-6(5-7)11-12(8,9)10/h6H,2-5H2,1H3,(H2,8,9,10). The minimum absolute atomic E-state index is 0.315. The molecule has 0 aromatic carbocycles. The van der Waals surface area contributed by atoms with E-state index in [9.17, 15) is 4.57 Å². The van der Waals surface area contributed by atoms with Gasteiger partial charge in [0.05, 0.1) is 6.10 Å². The van der Waals surface area contributed by atoms with Gasteiger partial charge < -0.3 is 14.7 Å². The van der Waals surface area contributed by atoms with Crippen LogP contribution in [0.15, 0.2) is 0 Å². The Morgan fingerprint density at radius 3 is 2.75 bits per heavy atom. The first kappa shape index (κ1) is 10.2. The molecule has 0 bridgehead atoms. The lowest BCUT2D eigenvalue weighted by molar-refractivity contribution is 0.0722. The summed E-state index contributed by atoms with van der Waals surface area (Å²) in [4.78, 5) is 19.1. The van der Waals surface area contributed by atoms with Crippen LogP contribution in [0.1, 0.15) is 12.8 Å². The molecule has 1 atom stereocenters. The molecule has 0 radical (unpaired) electrons. The van der Waals surface area contributed by atoms with Crippen LogP contribution in [0.25, 0.3) is 0 Å².